The van der Waals surface area contributed by atoms with E-state index in [2.05, 4.69) is 15.4 Å². The van der Waals surface area contributed by atoms with E-state index in [1.807, 2.05) is 27.0 Å². The summed E-state index contributed by atoms with van der Waals surface area (Å²) in [7, 11) is 3.22. The largest absolute Gasteiger partial charge is 0.464 e. The molecule has 0 bridgehead atoms. The lowest BCUT2D eigenvalue weighted by Gasteiger charge is -2.05. The number of carbonyl (C=O) groups excluding carboxylic acids is 1. The van der Waals surface area contributed by atoms with E-state index in [9.17, 15) is 4.79 Å². The number of methoxy groups -OCH3 is 1. The van der Waals surface area contributed by atoms with Gasteiger partial charge in [-0.05, 0) is 19.4 Å². The predicted molar refractivity (Wildman–Crippen MR) is 67.8 cm³/mol. The fourth-order valence-electron chi connectivity index (χ4n) is 2.03. The van der Waals surface area contributed by atoms with Crippen LogP contribution in [0.3, 0.4) is 0 Å². The van der Waals surface area contributed by atoms with Crippen LogP contribution in [0.15, 0.2) is 6.07 Å². The molecule has 0 radical (unpaired) electrons. The van der Waals surface area contributed by atoms with Crippen molar-refractivity contribution in [3.8, 4) is 0 Å². The molecule has 7 heteroatoms. The summed E-state index contributed by atoms with van der Waals surface area (Å²) in [5, 5.41) is 12.2. The predicted octanol–water partition coefficient (Wildman–Crippen LogP) is 0.717. The second-order valence-electron chi connectivity index (χ2n) is 4.29. The molecular weight excluding hydrogens is 246 g/mol. The Labute approximate surface area is 111 Å². The normalized spacial score (nSPS) is 10.7. The fraction of sp³-hybridized carbons (Fsp3) is 0.500. The summed E-state index contributed by atoms with van der Waals surface area (Å²) in [5.41, 5.74) is 3.01. The molecule has 0 fully saturated rings. The van der Waals surface area contributed by atoms with Crippen molar-refractivity contribution in [2.24, 2.45) is 7.05 Å². The highest BCUT2D eigenvalue weighted by Gasteiger charge is 2.19. The number of rotatable bonds is 4. The van der Waals surface area contributed by atoms with Gasteiger partial charge in [-0.25, -0.2) is 9.48 Å². The van der Waals surface area contributed by atoms with Gasteiger partial charge in [0.1, 0.15) is 0 Å². The van der Waals surface area contributed by atoms with Crippen LogP contribution < -0.4 is 0 Å². The van der Waals surface area contributed by atoms with Crippen LogP contribution >= 0.6 is 0 Å². The van der Waals surface area contributed by atoms with Crippen LogP contribution in [0.1, 0.15) is 34.5 Å². The number of aryl methyl sites for hydroxylation is 2. The highest BCUT2D eigenvalue weighted by Crippen LogP contribution is 2.11. The summed E-state index contributed by atoms with van der Waals surface area (Å²) in [6.07, 6.45) is 0.661. The first-order valence-corrected chi connectivity index (χ1v) is 6.07. The lowest BCUT2D eigenvalue weighted by atomic mass is 10.2. The van der Waals surface area contributed by atoms with Crippen molar-refractivity contribution in [3.05, 3.63) is 28.8 Å². The van der Waals surface area contributed by atoms with Crippen LogP contribution in [0.5, 0.6) is 0 Å². The Morgan fingerprint density at radius 1 is 1.47 bits per heavy atom. The summed E-state index contributed by atoms with van der Waals surface area (Å²) in [6, 6.07) is 1.99. The van der Waals surface area contributed by atoms with Gasteiger partial charge in [-0.3, -0.25) is 4.68 Å². The molecule has 102 valence electrons. The molecule has 0 aliphatic carbocycles. The van der Waals surface area contributed by atoms with Gasteiger partial charge in [0.15, 0.2) is 5.69 Å². The molecule has 0 spiro atoms. The van der Waals surface area contributed by atoms with Crippen LogP contribution in [0, 0.1) is 6.92 Å². The zero-order chi connectivity index (χ0) is 14.0. The minimum Gasteiger partial charge on any atom is -0.464 e. The maximum absolute atomic E-state index is 11.6. The molecule has 2 aromatic rings. The topological polar surface area (TPSA) is 74.8 Å². The van der Waals surface area contributed by atoms with Crippen molar-refractivity contribution in [2.75, 3.05) is 7.11 Å². The average Bonchev–Trinajstić information content (AvgIpc) is 2.92. The summed E-state index contributed by atoms with van der Waals surface area (Å²) in [4.78, 5) is 11.6. The quantitative estimate of drug-likeness (QED) is 0.760. The molecule has 7 nitrogen and oxygen atoms in total. The summed E-state index contributed by atoms with van der Waals surface area (Å²) in [6.45, 7) is 4.42. The minimum absolute atomic E-state index is 0.281. The maximum Gasteiger partial charge on any atom is 0.360 e. The van der Waals surface area contributed by atoms with Crippen LogP contribution in [0.2, 0.25) is 0 Å². The first-order chi connectivity index (χ1) is 9.06. The van der Waals surface area contributed by atoms with Gasteiger partial charge in [0.05, 0.1) is 30.7 Å². The zero-order valence-electron chi connectivity index (χ0n) is 11.5. The number of hydrogen-bond donors (Lipinski definition) is 0. The molecule has 0 aliphatic rings. The lowest BCUT2D eigenvalue weighted by molar-refractivity contribution is 0.0592. The smallest absolute Gasteiger partial charge is 0.360 e. The molecule has 0 amide bonds. The Kier molecular flexibility index (Phi) is 3.64. The second-order valence-corrected chi connectivity index (χ2v) is 4.29. The molecule has 0 atom stereocenters. The Hall–Kier alpha value is -2.18. The molecule has 0 saturated carbocycles. The van der Waals surface area contributed by atoms with E-state index in [0.717, 1.165) is 17.1 Å². The first kappa shape index (κ1) is 13.3. The van der Waals surface area contributed by atoms with Crippen LogP contribution in [-0.2, 0) is 24.8 Å². The van der Waals surface area contributed by atoms with Crippen LogP contribution in [0.25, 0.3) is 0 Å². The monoisotopic (exact) mass is 263 g/mol. The number of ether oxygens (including phenoxy) is 1. The summed E-state index contributed by atoms with van der Waals surface area (Å²) >= 11 is 0. The number of hydrogen-bond acceptors (Lipinski definition) is 5. The third kappa shape index (κ3) is 2.49. The van der Waals surface area contributed by atoms with E-state index in [1.54, 1.807) is 9.36 Å². The Morgan fingerprint density at radius 2 is 2.21 bits per heavy atom. The molecule has 0 saturated heterocycles. The van der Waals surface area contributed by atoms with Gasteiger partial charge in [-0.2, -0.15) is 5.10 Å². The number of carbonyl (C=O) groups is 1. The molecule has 2 heterocycles. The van der Waals surface area contributed by atoms with E-state index in [-0.39, 0.29) is 5.69 Å². The van der Waals surface area contributed by atoms with Crippen molar-refractivity contribution in [1.29, 1.82) is 0 Å². The van der Waals surface area contributed by atoms with E-state index in [0.29, 0.717) is 13.0 Å². The molecule has 0 aromatic carbocycles. The van der Waals surface area contributed by atoms with Gasteiger partial charge >= 0.3 is 5.97 Å². The standard InChI is InChI=1S/C12H17N5O2/c1-5-10-11(12(18)19-4)13-15-17(10)7-9-6-8(2)14-16(9)3/h6H,5,7H2,1-4H3. The second kappa shape index (κ2) is 5.21. The zero-order valence-corrected chi connectivity index (χ0v) is 11.5. The van der Waals surface area contributed by atoms with Crippen LogP contribution in [-0.4, -0.2) is 37.9 Å². The van der Waals surface area contributed by atoms with Gasteiger partial charge < -0.3 is 4.74 Å². The first-order valence-electron chi connectivity index (χ1n) is 6.07. The molecule has 0 N–H and O–H groups in total. The number of aromatic nitrogens is 5. The van der Waals surface area contributed by atoms with E-state index in [4.69, 9.17) is 4.74 Å². The third-order valence-electron chi connectivity index (χ3n) is 2.96. The van der Waals surface area contributed by atoms with Gasteiger partial charge in [0, 0.05) is 7.05 Å². The van der Waals surface area contributed by atoms with E-state index < -0.39 is 5.97 Å². The Morgan fingerprint density at radius 3 is 2.74 bits per heavy atom. The number of nitrogens with zero attached hydrogens (tertiary/aromatic N) is 5. The SMILES string of the molecule is CCc1c(C(=O)OC)nnn1Cc1cc(C)nn1C. The van der Waals surface area contributed by atoms with Crippen molar-refractivity contribution < 1.29 is 9.53 Å². The van der Waals surface area contributed by atoms with Crippen molar-refractivity contribution in [2.45, 2.75) is 26.8 Å². The highest BCUT2D eigenvalue weighted by molar-refractivity contribution is 5.88. The fourth-order valence-corrected chi connectivity index (χ4v) is 2.03. The van der Waals surface area contributed by atoms with Crippen LogP contribution in [0.4, 0.5) is 0 Å². The average molecular weight is 263 g/mol. The third-order valence-corrected chi connectivity index (χ3v) is 2.96. The molecule has 0 unspecified atom stereocenters. The lowest BCUT2D eigenvalue weighted by Crippen LogP contribution is -2.11. The molecule has 19 heavy (non-hydrogen) atoms. The van der Waals surface area contributed by atoms with Gasteiger partial charge in [0.2, 0.25) is 0 Å². The van der Waals surface area contributed by atoms with Gasteiger partial charge in [0.25, 0.3) is 0 Å². The van der Waals surface area contributed by atoms with Gasteiger partial charge in [-0.1, -0.05) is 12.1 Å². The molecular formula is C12H17N5O2. The minimum atomic E-state index is -0.454. The van der Waals surface area contributed by atoms with Crippen molar-refractivity contribution in [3.63, 3.8) is 0 Å². The maximum atomic E-state index is 11.6. The molecule has 2 rings (SSSR count). The van der Waals surface area contributed by atoms with Crippen molar-refractivity contribution >= 4 is 5.97 Å². The summed E-state index contributed by atoms with van der Waals surface area (Å²) in [5.74, 6) is -0.454. The molecule has 0 aliphatic heterocycles. The van der Waals surface area contributed by atoms with Crippen molar-refractivity contribution in [1.82, 2.24) is 24.8 Å². The van der Waals surface area contributed by atoms with E-state index >= 15 is 0 Å². The Balaban J connectivity index is 2.33. The van der Waals surface area contributed by atoms with Gasteiger partial charge in [-0.15, -0.1) is 5.10 Å². The molecule has 2 aromatic heterocycles. The Bertz CT molecular complexity index is 599. The summed E-state index contributed by atoms with van der Waals surface area (Å²) < 4.78 is 8.21. The highest BCUT2D eigenvalue weighted by atomic mass is 16.5. The van der Waals surface area contributed by atoms with E-state index in [1.165, 1.54) is 7.11 Å². The number of esters is 1.